The standard InChI is InChI=1S/C13H18N4O2S/c1-15-10-14-13-11(15)4-3-5-12(13)16-6-8-17(9-7-16)20(2,18)19/h3-5,10H,6-9H2,1-2H3. The van der Waals surface area contributed by atoms with Gasteiger partial charge in [0.25, 0.3) is 0 Å². The van der Waals surface area contributed by atoms with Crippen LogP contribution in [0.2, 0.25) is 0 Å². The van der Waals surface area contributed by atoms with Crippen LogP contribution in [0.5, 0.6) is 0 Å². The predicted octanol–water partition coefficient (Wildman–Crippen LogP) is 0.655. The number of aromatic nitrogens is 2. The van der Waals surface area contributed by atoms with Crippen molar-refractivity contribution in [1.29, 1.82) is 0 Å². The van der Waals surface area contributed by atoms with Crippen LogP contribution in [-0.4, -0.2) is 54.7 Å². The lowest BCUT2D eigenvalue weighted by molar-refractivity contribution is 0.388. The third-order valence-corrected chi connectivity index (χ3v) is 5.08. The number of para-hydroxylation sites is 1. The zero-order chi connectivity index (χ0) is 14.3. The molecule has 0 radical (unpaired) electrons. The van der Waals surface area contributed by atoms with Crippen LogP contribution in [0.4, 0.5) is 5.69 Å². The quantitative estimate of drug-likeness (QED) is 0.816. The number of hydrogen-bond donors (Lipinski definition) is 0. The van der Waals surface area contributed by atoms with Gasteiger partial charge in [-0.2, -0.15) is 4.31 Å². The summed E-state index contributed by atoms with van der Waals surface area (Å²) >= 11 is 0. The molecule has 1 aliphatic rings. The van der Waals surface area contributed by atoms with Crippen molar-refractivity contribution >= 4 is 26.7 Å². The number of nitrogens with zero attached hydrogens (tertiary/aromatic N) is 4. The normalized spacial score (nSPS) is 17.8. The van der Waals surface area contributed by atoms with Crippen LogP contribution in [-0.2, 0) is 17.1 Å². The molecule has 0 bridgehead atoms. The van der Waals surface area contributed by atoms with Crippen molar-refractivity contribution < 1.29 is 8.42 Å². The van der Waals surface area contributed by atoms with Gasteiger partial charge in [-0.1, -0.05) is 6.07 Å². The molecule has 2 heterocycles. The van der Waals surface area contributed by atoms with Gasteiger partial charge in [0.05, 0.1) is 23.8 Å². The van der Waals surface area contributed by atoms with Crippen molar-refractivity contribution in [2.45, 2.75) is 0 Å². The number of sulfonamides is 1. The fourth-order valence-electron chi connectivity index (χ4n) is 2.66. The molecule has 0 N–H and O–H groups in total. The molecule has 0 unspecified atom stereocenters. The summed E-state index contributed by atoms with van der Waals surface area (Å²) in [6, 6.07) is 6.10. The first-order valence-electron chi connectivity index (χ1n) is 6.57. The lowest BCUT2D eigenvalue weighted by Gasteiger charge is -2.34. The van der Waals surface area contributed by atoms with E-state index in [0.717, 1.165) is 16.7 Å². The smallest absolute Gasteiger partial charge is 0.211 e. The number of imidazole rings is 1. The average Bonchev–Trinajstić information content (AvgIpc) is 2.80. The summed E-state index contributed by atoms with van der Waals surface area (Å²) < 4.78 is 26.6. The first-order chi connectivity index (χ1) is 9.47. The van der Waals surface area contributed by atoms with E-state index in [1.165, 1.54) is 10.6 Å². The molecular weight excluding hydrogens is 276 g/mol. The second-order valence-corrected chi connectivity index (χ2v) is 7.13. The topological polar surface area (TPSA) is 58.4 Å². The van der Waals surface area contributed by atoms with Gasteiger partial charge < -0.3 is 9.47 Å². The largest absolute Gasteiger partial charge is 0.367 e. The van der Waals surface area contributed by atoms with Gasteiger partial charge >= 0.3 is 0 Å². The van der Waals surface area contributed by atoms with E-state index in [4.69, 9.17) is 0 Å². The summed E-state index contributed by atoms with van der Waals surface area (Å²) in [5.74, 6) is 0. The van der Waals surface area contributed by atoms with E-state index in [1.807, 2.05) is 29.8 Å². The van der Waals surface area contributed by atoms with Crippen LogP contribution in [0.25, 0.3) is 11.0 Å². The summed E-state index contributed by atoms with van der Waals surface area (Å²) in [4.78, 5) is 6.66. The van der Waals surface area contributed by atoms with Gasteiger partial charge in [-0.15, -0.1) is 0 Å². The Labute approximate surface area is 118 Å². The molecule has 0 spiro atoms. The van der Waals surface area contributed by atoms with E-state index in [0.29, 0.717) is 26.2 Å². The van der Waals surface area contributed by atoms with Gasteiger partial charge in [-0.25, -0.2) is 13.4 Å². The maximum Gasteiger partial charge on any atom is 0.211 e. The molecule has 1 aromatic carbocycles. The summed E-state index contributed by atoms with van der Waals surface area (Å²) in [6.07, 6.45) is 3.07. The molecule has 0 aliphatic carbocycles. The van der Waals surface area contributed by atoms with Crippen molar-refractivity contribution in [2.75, 3.05) is 37.3 Å². The highest BCUT2D eigenvalue weighted by atomic mass is 32.2. The molecular formula is C13H18N4O2S. The molecule has 3 rings (SSSR count). The van der Waals surface area contributed by atoms with E-state index in [1.54, 1.807) is 6.33 Å². The number of hydrogen-bond acceptors (Lipinski definition) is 4. The van der Waals surface area contributed by atoms with Crippen molar-refractivity contribution in [3.05, 3.63) is 24.5 Å². The number of rotatable bonds is 2. The van der Waals surface area contributed by atoms with Gasteiger partial charge in [-0.05, 0) is 12.1 Å². The Morgan fingerprint density at radius 2 is 1.85 bits per heavy atom. The zero-order valence-corrected chi connectivity index (χ0v) is 12.5. The Morgan fingerprint density at radius 3 is 2.50 bits per heavy atom. The lowest BCUT2D eigenvalue weighted by Crippen LogP contribution is -2.48. The molecule has 1 aromatic heterocycles. The minimum Gasteiger partial charge on any atom is -0.367 e. The Bertz CT molecular complexity index is 730. The third kappa shape index (κ3) is 2.27. The van der Waals surface area contributed by atoms with Gasteiger partial charge in [-0.3, -0.25) is 0 Å². The summed E-state index contributed by atoms with van der Waals surface area (Å²) in [7, 11) is -1.11. The Kier molecular flexibility index (Phi) is 3.18. The van der Waals surface area contributed by atoms with Crippen LogP contribution in [0.15, 0.2) is 24.5 Å². The van der Waals surface area contributed by atoms with Gasteiger partial charge in [0.15, 0.2) is 0 Å². The number of benzene rings is 1. The van der Waals surface area contributed by atoms with Crippen molar-refractivity contribution in [3.63, 3.8) is 0 Å². The summed E-state index contributed by atoms with van der Waals surface area (Å²) in [5, 5.41) is 0. The molecule has 1 saturated heterocycles. The van der Waals surface area contributed by atoms with E-state index < -0.39 is 10.0 Å². The maximum atomic E-state index is 11.5. The number of anilines is 1. The SMILES string of the molecule is Cn1cnc2c(N3CCN(S(C)(=O)=O)CC3)cccc21. The van der Waals surface area contributed by atoms with Gasteiger partial charge in [0, 0.05) is 33.2 Å². The first-order valence-corrected chi connectivity index (χ1v) is 8.42. The first kappa shape index (κ1) is 13.4. The molecule has 20 heavy (non-hydrogen) atoms. The minimum absolute atomic E-state index is 0.530. The average molecular weight is 294 g/mol. The molecule has 0 saturated carbocycles. The van der Waals surface area contributed by atoms with Gasteiger partial charge in [0.1, 0.15) is 5.52 Å². The van der Waals surface area contributed by atoms with Crippen molar-refractivity contribution in [1.82, 2.24) is 13.9 Å². The molecule has 108 valence electrons. The van der Waals surface area contributed by atoms with Crippen molar-refractivity contribution in [3.8, 4) is 0 Å². The zero-order valence-electron chi connectivity index (χ0n) is 11.7. The highest BCUT2D eigenvalue weighted by Gasteiger charge is 2.24. The third-order valence-electron chi connectivity index (χ3n) is 3.78. The molecule has 2 aromatic rings. The van der Waals surface area contributed by atoms with Gasteiger partial charge in [0.2, 0.25) is 10.0 Å². The van der Waals surface area contributed by atoms with E-state index >= 15 is 0 Å². The molecule has 6 nitrogen and oxygen atoms in total. The minimum atomic E-state index is -3.08. The number of fused-ring (bicyclic) bond motifs is 1. The van der Waals surface area contributed by atoms with E-state index in [-0.39, 0.29) is 0 Å². The van der Waals surface area contributed by atoms with Crippen LogP contribution in [0.3, 0.4) is 0 Å². The molecule has 1 fully saturated rings. The monoisotopic (exact) mass is 294 g/mol. The van der Waals surface area contributed by atoms with Crippen molar-refractivity contribution in [2.24, 2.45) is 7.05 Å². The second-order valence-electron chi connectivity index (χ2n) is 5.15. The highest BCUT2D eigenvalue weighted by molar-refractivity contribution is 7.88. The van der Waals surface area contributed by atoms with Crippen LogP contribution >= 0.6 is 0 Å². The van der Waals surface area contributed by atoms with Crippen LogP contribution in [0, 0.1) is 0 Å². The molecule has 1 aliphatic heterocycles. The molecule has 0 amide bonds. The number of aryl methyl sites for hydroxylation is 1. The fraction of sp³-hybridized carbons (Fsp3) is 0.462. The summed E-state index contributed by atoms with van der Waals surface area (Å²) in [6.45, 7) is 2.45. The van der Waals surface area contributed by atoms with Crippen LogP contribution < -0.4 is 4.90 Å². The molecule has 7 heteroatoms. The predicted molar refractivity (Wildman–Crippen MR) is 79.3 cm³/mol. The number of piperazine rings is 1. The Balaban J connectivity index is 1.87. The highest BCUT2D eigenvalue weighted by Crippen LogP contribution is 2.26. The fourth-order valence-corrected chi connectivity index (χ4v) is 3.49. The molecule has 0 atom stereocenters. The Morgan fingerprint density at radius 1 is 1.15 bits per heavy atom. The summed E-state index contributed by atoms with van der Waals surface area (Å²) in [5.41, 5.74) is 3.15. The Hall–Kier alpha value is -1.60. The van der Waals surface area contributed by atoms with Crippen LogP contribution in [0.1, 0.15) is 0 Å². The van der Waals surface area contributed by atoms with E-state index in [2.05, 4.69) is 9.88 Å². The second kappa shape index (κ2) is 4.75. The maximum absolute atomic E-state index is 11.5. The van der Waals surface area contributed by atoms with E-state index in [9.17, 15) is 8.42 Å². The lowest BCUT2D eigenvalue weighted by atomic mass is 10.2.